The van der Waals surface area contributed by atoms with Gasteiger partial charge in [0.1, 0.15) is 5.82 Å². The average molecular weight is 303 g/mol. The fourth-order valence-electron chi connectivity index (χ4n) is 2.97. The Morgan fingerprint density at radius 2 is 2.00 bits per heavy atom. The number of amides is 3. The van der Waals surface area contributed by atoms with E-state index in [0.29, 0.717) is 25.2 Å². The monoisotopic (exact) mass is 303 g/mol. The summed E-state index contributed by atoms with van der Waals surface area (Å²) in [5.74, 6) is 0.374. The summed E-state index contributed by atoms with van der Waals surface area (Å²) < 4.78 is 0. The van der Waals surface area contributed by atoms with Crippen molar-refractivity contribution < 1.29 is 9.59 Å². The number of likely N-dealkylation sites (tertiary alicyclic amines) is 1. The Morgan fingerprint density at radius 3 is 2.59 bits per heavy atom. The molecule has 22 heavy (non-hydrogen) atoms. The number of nitrogens with one attached hydrogen (secondary N) is 1. The van der Waals surface area contributed by atoms with Crippen LogP contribution in [-0.2, 0) is 4.79 Å². The maximum atomic E-state index is 12.1. The second kappa shape index (κ2) is 6.21. The van der Waals surface area contributed by atoms with E-state index in [1.165, 1.54) is 12.8 Å². The molecule has 3 heterocycles. The number of hydrogen-bond donors (Lipinski definition) is 2. The van der Waals surface area contributed by atoms with Gasteiger partial charge in [0.25, 0.3) is 0 Å². The number of rotatable bonds is 3. The molecule has 0 saturated carbocycles. The van der Waals surface area contributed by atoms with E-state index >= 15 is 0 Å². The molecule has 0 radical (unpaired) electrons. The molecule has 1 atom stereocenters. The topological polar surface area (TPSA) is 91.6 Å². The van der Waals surface area contributed by atoms with Crippen molar-refractivity contribution >= 4 is 23.4 Å². The first-order chi connectivity index (χ1) is 10.6. The highest BCUT2D eigenvalue weighted by atomic mass is 16.2. The summed E-state index contributed by atoms with van der Waals surface area (Å²) in [5.41, 5.74) is 5.94. The molecule has 1 aromatic rings. The second-order valence-electron chi connectivity index (χ2n) is 5.86. The van der Waals surface area contributed by atoms with Gasteiger partial charge in [0.2, 0.25) is 5.91 Å². The van der Waals surface area contributed by atoms with Gasteiger partial charge in [0, 0.05) is 26.2 Å². The van der Waals surface area contributed by atoms with Crippen molar-refractivity contribution in [1.82, 2.24) is 9.88 Å². The largest absolute Gasteiger partial charge is 0.369 e. The fraction of sp³-hybridized carbons (Fsp3) is 0.533. The number of urea groups is 1. The molecule has 118 valence electrons. The highest BCUT2D eigenvalue weighted by Crippen LogP contribution is 2.20. The first-order valence-electron chi connectivity index (χ1n) is 7.70. The molecule has 2 aliphatic heterocycles. The maximum absolute atomic E-state index is 12.1. The zero-order chi connectivity index (χ0) is 15.5. The molecule has 0 aromatic carbocycles. The molecule has 0 aliphatic carbocycles. The van der Waals surface area contributed by atoms with Gasteiger partial charge in [-0.15, -0.1) is 0 Å². The van der Waals surface area contributed by atoms with Gasteiger partial charge in [-0.3, -0.25) is 4.79 Å². The molecule has 7 nitrogen and oxygen atoms in total. The van der Waals surface area contributed by atoms with Gasteiger partial charge >= 0.3 is 6.03 Å². The van der Waals surface area contributed by atoms with E-state index in [1.807, 2.05) is 12.1 Å². The Hall–Kier alpha value is -2.31. The van der Waals surface area contributed by atoms with Crippen molar-refractivity contribution in [2.75, 3.05) is 36.4 Å². The van der Waals surface area contributed by atoms with E-state index in [1.54, 1.807) is 11.1 Å². The number of nitrogens with zero attached hydrogens (tertiary/aromatic N) is 3. The van der Waals surface area contributed by atoms with E-state index in [4.69, 9.17) is 5.73 Å². The summed E-state index contributed by atoms with van der Waals surface area (Å²) in [4.78, 5) is 31.5. The van der Waals surface area contributed by atoms with E-state index in [2.05, 4.69) is 15.2 Å². The van der Waals surface area contributed by atoms with Crippen LogP contribution in [0.4, 0.5) is 16.3 Å². The number of primary amides is 1. The first kappa shape index (κ1) is 14.6. The zero-order valence-electron chi connectivity index (χ0n) is 12.5. The first-order valence-corrected chi connectivity index (χ1v) is 7.70. The third kappa shape index (κ3) is 3.13. The molecule has 3 rings (SSSR count). The van der Waals surface area contributed by atoms with Gasteiger partial charge in [-0.2, -0.15) is 0 Å². The lowest BCUT2D eigenvalue weighted by atomic mass is 10.1. The van der Waals surface area contributed by atoms with Gasteiger partial charge in [0.05, 0.1) is 17.8 Å². The third-order valence-electron chi connectivity index (χ3n) is 4.31. The number of nitrogens with two attached hydrogens (primary N) is 1. The minimum absolute atomic E-state index is 0.209. The second-order valence-corrected chi connectivity index (χ2v) is 5.86. The van der Waals surface area contributed by atoms with Crippen LogP contribution in [0, 0.1) is 5.92 Å². The van der Waals surface area contributed by atoms with Crippen LogP contribution in [0.2, 0.25) is 0 Å². The maximum Gasteiger partial charge on any atom is 0.321 e. The molecule has 1 unspecified atom stereocenters. The van der Waals surface area contributed by atoms with Crippen molar-refractivity contribution in [1.29, 1.82) is 0 Å². The van der Waals surface area contributed by atoms with E-state index in [0.717, 1.165) is 18.9 Å². The molecule has 0 spiro atoms. The summed E-state index contributed by atoms with van der Waals surface area (Å²) in [6.07, 6.45) is 4.72. The Bertz CT molecular complexity index is 554. The van der Waals surface area contributed by atoms with Crippen LogP contribution in [0.5, 0.6) is 0 Å². The number of carbonyl (C=O) groups excluding carboxylic acids is 2. The van der Waals surface area contributed by atoms with Crippen LogP contribution in [0.25, 0.3) is 0 Å². The Balaban J connectivity index is 1.56. The van der Waals surface area contributed by atoms with Crippen molar-refractivity contribution in [3.05, 3.63) is 18.3 Å². The summed E-state index contributed by atoms with van der Waals surface area (Å²) in [7, 11) is 0. The van der Waals surface area contributed by atoms with Crippen LogP contribution in [0.3, 0.4) is 0 Å². The molecule has 2 saturated heterocycles. The molecular formula is C15H21N5O2. The van der Waals surface area contributed by atoms with Crippen molar-refractivity contribution in [2.45, 2.75) is 19.3 Å². The van der Waals surface area contributed by atoms with Gasteiger partial charge in [-0.25, -0.2) is 9.78 Å². The van der Waals surface area contributed by atoms with E-state index in [-0.39, 0.29) is 17.9 Å². The Labute approximate surface area is 129 Å². The summed E-state index contributed by atoms with van der Waals surface area (Å²) in [6.45, 7) is 3.03. The summed E-state index contributed by atoms with van der Waals surface area (Å²) in [5, 5.41) is 2.81. The number of hydrogen-bond acceptors (Lipinski definition) is 4. The summed E-state index contributed by atoms with van der Waals surface area (Å²) >= 11 is 0. The predicted molar refractivity (Wildman–Crippen MR) is 83.6 cm³/mol. The molecule has 1 aromatic heterocycles. The third-order valence-corrected chi connectivity index (χ3v) is 4.31. The quantitative estimate of drug-likeness (QED) is 0.872. The van der Waals surface area contributed by atoms with Gasteiger partial charge < -0.3 is 20.9 Å². The van der Waals surface area contributed by atoms with Crippen molar-refractivity contribution in [3.8, 4) is 0 Å². The fourth-order valence-corrected chi connectivity index (χ4v) is 2.97. The highest BCUT2D eigenvalue weighted by Gasteiger charge is 2.29. The smallest absolute Gasteiger partial charge is 0.321 e. The molecule has 2 aliphatic rings. The molecule has 2 fully saturated rings. The zero-order valence-corrected chi connectivity index (χ0v) is 12.5. The van der Waals surface area contributed by atoms with Crippen molar-refractivity contribution in [2.24, 2.45) is 11.7 Å². The minimum Gasteiger partial charge on any atom is -0.369 e. The summed E-state index contributed by atoms with van der Waals surface area (Å²) in [6, 6.07) is 3.58. The number of aromatic nitrogens is 1. The molecule has 0 bridgehead atoms. The van der Waals surface area contributed by atoms with Gasteiger partial charge in [0.15, 0.2) is 0 Å². The SMILES string of the molecule is NC(=O)C1CCN(C(=O)Nc2ccc(N3CCCC3)nc2)C1. The Morgan fingerprint density at radius 1 is 1.23 bits per heavy atom. The van der Waals surface area contributed by atoms with Crippen LogP contribution in [-0.4, -0.2) is 48.0 Å². The Kier molecular flexibility index (Phi) is 4.13. The van der Waals surface area contributed by atoms with Crippen molar-refractivity contribution in [3.63, 3.8) is 0 Å². The minimum atomic E-state index is -0.341. The predicted octanol–water partition coefficient (Wildman–Crippen LogP) is 1.02. The van der Waals surface area contributed by atoms with Crippen LogP contribution >= 0.6 is 0 Å². The van der Waals surface area contributed by atoms with Crippen LogP contribution in [0.15, 0.2) is 18.3 Å². The number of carbonyl (C=O) groups is 2. The molecular weight excluding hydrogens is 282 g/mol. The lowest BCUT2D eigenvalue weighted by molar-refractivity contribution is -0.121. The number of pyridine rings is 1. The van der Waals surface area contributed by atoms with E-state index < -0.39 is 0 Å². The molecule has 3 amide bonds. The normalized spacial score (nSPS) is 21.2. The number of anilines is 2. The molecule has 3 N–H and O–H groups in total. The van der Waals surface area contributed by atoms with Gasteiger partial charge in [-0.05, 0) is 31.4 Å². The standard InChI is InChI=1S/C15H21N5O2/c16-14(21)11-5-8-20(10-11)15(22)18-12-3-4-13(17-9-12)19-6-1-2-7-19/h3-4,9,11H,1-2,5-8,10H2,(H2,16,21)(H,18,22). The average Bonchev–Trinajstić information content (AvgIpc) is 3.20. The van der Waals surface area contributed by atoms with Crippen LogP contribution < -0.4 is 16.0 Å². The van der Waals surface area contributed by atoms with Crippen LogP contribution in [0.1, 0.15) is 19.3 Å². The molecule has 7 heteroatoms. The lowest BCUT2D eigenvalue weighted by Gasteiger charge is -2.18. The lowest BCUT2D eigenvalue weighted by Crippen LogP contribution is -2.34. The van der Waals surface area contributed by atoms with E-state index in [9.17, 15) is 9.59 Å². The van der Waals surface area contributed by atoms with Gasteiger partial charge in [-0.1, -0.05) is 0 Å². The highest BCUT2D eigenvalue weighted by molar-refractivity contribution is 5.90.